The molecule has 0 bridgehead atoms. The number of amides is 1. The number of hydrogen-bond acceptors (Lipinski definition) is 6. The molecule has 1 aromatic carbocycles. The molecular formula is C19H15Cl2N3O4. The number of esters is 1. The fourth-order valence-corrected chi connectivity index (χ4v) is 2.43. The quantitative estimate of drug-likeness (QED) is 0.434. The molecular weight excluding hydrogens is 405 g/mol. The number of methoxy groups -OCH3 is 1. The van der Waals surface area contributed by atoms with Gasteiger partial charge in [0.1, 0.15) is 17.4 Å². The van der Waals surface area contributed by atoms with Crippen molar-refractivity contribution < 1.29 is 19.1 Å². The predicted molar refractivity (Wildman–Crippen MR) is 105 cm³/mol. The number of halogens is 2. The van der Waals surface area contributed by atoms with Crippen molar-refractivity contribution in [3.05, 3.63) is 57.2 Å². The molecule has 0 aliphatic rings. The van der Waals surface area contributed by atoms with Crippen LogP contribution in [0.1, 0.15) is 11.3 Å². The highest BCUT2D eigenvalue weighted by Gasteiger charge is 2.15. The van der Waals surface area contributed by atoms with Gasteiger partial charge in [-0.15, -0.1) is 0 Å². The molecule has 7 nitrogen and oxygen atoms in total. The first-order valence-corrected chi connectivity index (χ1v) is 8.65. The average molecular weight is 420 g/mol. The van der Waals surface area contributed by atoms with Crippen LogP contribution < -0.4 is 10.1 Å². The number of carbonyl (C=O) groups excluding carboxylic acids is 2. The van der Waals surface area contributed by atoms with Gasteiger partial charge in [-0.2, -0.15) is 5.26 Å². The van der Waals surface area contributed by atoms with Crippen molar-refractivity contribution in [1.82, 2.24) is 4.98 Å². The number of nitriles is 1. The van der Waals surface area contributed by atoms with Crippen molar-refractivity contribution in [1.29, 1.82) is 5.26 Å². The molecule has 0 fully saturated rings. The van der Waals surface area contributed by atoms with Crippen LogP contribution in [0.4, 0.5) is 5.82 Å². The van der Waals surface area contributed by atoms with Gasteiger partial charge in [0.25, 0.3) is 5.91 Å². The van der Waals surface area contributed by atoms with E-state index in [1.54, 1.807) is 37.3 Å². The second-order valence-corrected chi connectivity index (χ2v) is 6.27. The number of carbonyl (C=O) groups is 2. The van der Waals surface area contributed by atoms with Gasteiger partial charge in [-0.05, 0) is 36.8 Å². The van der Waals surface area contributed by atoms with Gasteiger partial charge in [0.05, 0.1) is 22.8 Å². The summed E-state index contributed by atoms with van der Waals surface area (Å²) in [6, 6.07) is 9.91. The van der Waals surface area contributed by atoms with Crippen LogP contribution >= 0.6 is 23.2 Å². The van der Waals surface area contributed by atoms with Crippen molar-refractivity contribution in [3.8, 4) is 11.8 Å². The number of nitrogens with zero attached hydrogens (tertiary/aromatic N) is 2. The van der Waals surface area contributed by atoms with Gasteiger partial charge in [0, 0.05) is 0 Å². The fourth-order valence-electron chi connectivity index (χ4n) is 2.03. The Morgan fingerprint density at radius 1 is 1.25 bits per heavy atom. The Labute approximate surface area is 171 Å². The zero-order valence-electron chi connectivity index (χ0n) is 15.0. The first-order chi connectivity index (χ1) is 13.3. The van der Waals surface area contributed by atoms with Gasteiger partial charge in [0.2, 0.25) is 0 Å². The first-order valence-electron chi connectivity index (χ1n) is 7.89. The van der Waals surface area contributed by atoms with E-state index in [4.69, 9.17) is 37.9 Å². The molecule has 1 heterocycles. The van der Waals surface area contributed by atoms with Crippen molar-refractivity contribution >= 4 is 47.0 Å². The third-order valence-electron chi connectivity index (χ3n) is 3.46. The van der Waals surface area contributed by atoms with Crippen molar-refractivity contribution in [2.24, 2.45) is 0 Å². The van der Waals surface area contributed by atoms with Crippen LogP contribution in [0.5, 0.6) is 5.75 Å². The molecule has 1 N–H and O–H groups in total. The van der Waals surface area contributed by atoms with E-state index >= 15 is 0 Å². The normalized spacial score (nSPS) is 10.8. The second kappa shape index (κ2) is 9.74. The molecule has 0 aliphatic heterocycles. The molecule has 0 atom stereocenters. The number of nitrogens with one attached hydrogen (secondary N) is 1. The Hall–Kier alpha value is -3.08. The molecule has 9 heteroatoms. The van der Waals surface area contributed by atoms with E-state index in [0.717, 1.165) is 0 Å². The summed E-state index contributed by atoms with van der Waals surface area (Å²) < 4.78 is 9.92. The van der Waals surface area contributed by atoms with Crippen LogP contribution in [-0.2, 0) is 14.3 Å². The Bertz CT molecular complexity index is 966. The van der Waals surface area contributed by atoms with E-state index in [1.807, 2.05) is 0 Å². The SMILES string of the molecule is COc1ccc(/C=C(\C#N)C(=O)OCC(=O)Nc2nc(C)c(Cl)cc2Cl)cc1. The number of benzene rings is 1. The maximum absolute atomic E-state index is 12.0. The summed E-state index contributed by atoms with van der Waals surface area (Å²) >= 11 is 11.8. The summed E-state index contributed by atoms with van der Waals surface area (Å²) in [4.78, 5) is 28.1. The van der Waals surface area contributed by atoms with Gasteiger partial charge in [0.15, 0.2) is 12.4 Å². The first kappa shape index (κ1) is 21.2. The molecule has 0 radical (unpaired) electrons. The molecule has 28 heavy (non-hydrogen) atoms. The number of aromatic nitrogens is 1. The lowest BCUT2D eigenvalue weighted by Crippen LogP contribution is -2.22. The Morgan fingerprint density at radius 3 is 2.54 bits per heavy atom. The minimum atomic E-state index is -0.931. The molecule has 2 rings (SSSR count). The van der Waals surface area contributed by atoms with Crippen LogP contribution in [0.15, 0.2) is 35.9 Å². The Balaban J connectivity index is 1.99. The smallest absolute Gasteiger partial charge is 0.349 e. The molecule has 2 aromatic rings. The Kier molecular flexibility index (Phi) is 7.38. The molecule has 1 amide bonds. The third kappa shape index (κ3) is 5.71. The number of rotatable bonds is 6. The third-order valence-corrected chi connectivity index (χ3v) is 4.13. The van der Waals surface area contributed by atoms with Gasteiger partial charge in [-0.25, -0.2) is 9.78 Å². The summed E-state index contributed by atoms with van der Waals surface area (Å²) in [6.45, 7) is 1.04. The van der Waals surface area contributed by atoms with Crippen LogP contribution in [0.3, 0.4) is 0 Å². The van der Waals surface area contributed by atoms with Crippen molar-refractivity contribution in [2.45, 2.75) is 6.92 Å². The molecule has 0 unspecified atom stereocenters. The van der Waals surface area contributed by atoms with Crippen LogP contribution in [0.25, 0.3) is 6.08 Å². The van der Waals surface area contributed by atoms with Gasteiger partial charge in [-0.1, -0.05) is 35.3 Å². The molecule has 0 saturated carbocycles. The van der Waals surface area contributed by atoms with Crippen molar-refractivity contribution in [3.63, 3.8) is 0 Å². The molecule has 144 valence electrons. The minimum Gasteiger partial charge on any atom is -0.497 e. The number of hydrogen-bond donors (Lipinski definition) is 1. The summed E-state index contributed by atoms with van der Waals surface area (Å²) in [5.74, 6) is -0.857. The van der Waals surface area contributed by atoms with E-state index in [0.29, 0.717) is 22.0 Å². The summed E-state index contributed by atoms with van der Waals surface area (Å²) in [6.07, 6.45) is 1.35. The highest BCUT2D eigenvalue weighted by molar-refractivity contribution is 6.36. The lowest BCUT2D eigenvalue weighted by molar-refractivity contribution is -0.142. The standard InChI is InChI=1S/C19H15Cl2N3O4/c1-11-15(20)8-16(21)18(23-11)24-17(25)10-28-19(26)13(9-22)7-12-3-5-14(27-2)6-4-12/h3-8H,10H2,1-2H3,(H,23,24,25)/b13-7+. The monoisotopic (exact) mass is 419 g/mol. The fraction of sp³-hybridized carbons (Fsp3) is 0.158. The predicted octanol–water partition coefficient (Wildman–Crippen LogP) is 3.79. The number of anilines is 1. The minimum absolute atomic E-state index is 0.0962. The largest absolute Gasteiger partial charge is 0.497 e. The summed E-state index contributed by atoms with van der Waals surface area (Å²) in [5.41, 5.74) is 0.829. The van der Waals surface area contributed by atoms with Gasteiger partial charge >= 0.3 is 5.97 Å². The van der Waals surface area contributed by atoms with E-state index in [9.17, 15) is 9.59 Å². The highest BCUT2D eigenvalue weighted by Crippen LogP contribution is 2.25. The number of aryl methyl sites for hydroxylation is 1. The zero-order valence-corrected chi connectivity index (χ0v) is 16.5. The second-order valence-electron chi connectivity index (χ2n) is 5.45. The lowest BCUT2D eigenvalue weighted by Gasteiger charge is -2.08. The van der Waals surface area contributed by atoms with E-state index < -0.39 is 18.5 Å². The lowest BCUT2D eigenvalue weighted by atomic mass is 10.1. The van der Waals surface area contributed by atoms with Gasteiger partial charge < -0.3 is 14.8 Å². The maximum atomic E-state index is 12.0. The van der Waals surface area contributed by atoms with Crippen LogP contribution in [0.2, 0.25) is 10.0 Å². The van der Waals surface area contributed by atoms with Crippen LogP contribution in [-0.4, -0.2) is 30.6 Å². The molecule has 0 saturated heterocycles. The topological polar surface area (TPSA) is 101 Å². The summed E-state index contributed by atoms with van der Waals surface area (Å²) in [5, 5.41) is 12.1. The molecule has 0 aliphatic carbocycles. The average Bonchev–Trinajstić information content (AvgIpc) is 2.68. The zero-order chi connectivity index (χ0) is 20.7. The molecule has 0 spiro atoms. The van der Waals surface area contributed by atoms with E-state index in [1.165, 1.54) is 19.3 Å². The summed E-state index contributed by atoms with van der Waals surface area (Å²) in [7, 11) is 1.53. The Morgan fingerprint density at radius 2 is 1.93 bits per heavy atom. The van der Waals surface area contributed by atoms with E-state index in [-0.39, 0.29) is 16.4 Å². The molecule has 1 aromatic heterocycles. The van der Waals surface area contributed by atoms with Gasteiger partial charge in [-0.3, -0.25) is 4.79 Å². The van der Waals surface area contributed by atoms with Crippen molar-refractivity contribution in [2.75, 3.05) is 19.0 Å². The number of pyridine rings is 1. The number of ether oxygens (including phenoxy) is 2. The van der Waals surface area contributed by atoms with E-state index in [2.05, 4.69) is 10.3 Å². The van der Waals surface area contributed by atoms with Crippen LogP contribution in [0, 0.1) is 18.3 Å². The highest BCUT2D eigenvalue weighted by atomic mass is 35.5. The maximum Gasteiger partial charge on any atom is 0.349 e.